The van der Waals surface area contributed by atoms with Crippen molar-refractivity contribution in [1.82, 2.24) is 9.97 Å². The molecule has 0 fully saturated rings. The molecule has 0 saturated carbocycles. The van der Waals surface area contributed by atoms with Crippen LogP contribution in [0.25, 0.3) is 55.1 Å². The second-order valence-electron chi connectivity index (χ2n) is 12.6. The Hall–Kier alpha value is -4.14. The number of hydrogen-bond donors (Lipinski definition) is 0. The molecule has 1 heterocycles. The number of fused-ring (bicyclic) bond motifs is 3. The van der Waals surface area contributed by atoms with E-state index in [9.17, 15) is 9.13 Å². The lowest BCUT2D eigenvalue weighted by atomic mass is 10.0. The molecule has 0 N–H and O–H groups in total. The van der Waals surface area contributed by atoms with E-state index in [0.29, 0.717) is 76.3 Å². The van der Waals surface area contributed by atoms with Crippen molar-refractivity contribution in [3.05, 3.63) is 97.1 Å². The van der Waals surface area contributed by atoms with Crippen molar-refractivity contribution in [3.63, 3.8) is 0 Å². The number of hydrogen-bond acceptors (Lipinski definition) is 10. The van der Waals surface area contributed by atoms with E-state index in [1.54, 1.807) is 27.7 Å². The SMILES string of the molecule is CCOP(=O)(CCCOc1ccc(-c2nc3cc4cc5ccccc5cc4cc3nc2-c2ccc(OCCCP(=O)(OCC)OCC)cc2)cc1)OCC. The van der Waals surface area contributed by atoms with Crippen LogP contribution in [0.2, 0.25) is 0 Å². The van der Waals surface area contributed by atoms with Crippen molar-refractivity contribution in [2.45, 2.75) is 40.5 Å². The van der Waals surface area contributed by atoms with Gasteiger partial charge in [0.05, 0.1) is 74.4 Å². The Morgan fingerprint density at radius 2 is 0.852 bits per heavy atom. The first-order chi connectivity index (χ1) is 26.2. The molecule has 10 nitrogen and oxygen atoms in total. The van der Waals surface area contributed by atoms with Crippen LogP contribution in [0, 0.1) is 0 Å². The lowest BCUT2D eigenvalue weighted by Crippen LogP contribution is -2.05. The van der Waals surface area contributed by atoms with Crippen molar-refractivity contribution < 1.29 is 36.7 Å². The van der Waals surface area contributed by atoms with Crippen molar-refractivity contribution >= 4 is 47.8 Å². The van der Waals surface area contributed by atoms with Crippen LogP contribution in [-0.2, 0) is 27.2 Å². The van der Waals surface area contributed by atoms with Gasteiger partial charge in [-0.05, 0) is 135 Å². The van der Waals surface area contributed by atoms with E-state index in [1.807, 2.05) is 60.7 Å². The normalized spacial score (nSPS) is 12.1. The smallest absolute Gasteiger partial charge is 0.330 e. The fraction of sp³-hybridized carbons (Fsp3) is 0.333. The number of benzene rings is 5. The van der Waals surface area contributed by atoms with Gasteiger partial charge in [-0.15, -0.1) is 0 Å². The van der Waals surface area contributed by atoms with Gasteiger partial charge in [-0.2, -0.15) is 0 Å². The van der Waals surface area contributed by atoms with Gasteiger partial charge in [0.1, 0.15) is 11.5 Å². The summed E-state index contributed by atoms with van der Waals surface area (Å²) in [5, 5.41) is 4.53. The zero-order valence-electron chi connectivity index (χ0n) is 31.4. The van der Waals surface area contributed by atoms with Crippen LogP contribution in [0.5, 0.6) is 11.5 Å². The third kappa shape index (κ3) is 9.93. The van der Waals surface area contributed by atoms with E-state index < -0.39 is 15.2 Å². The minimum atomic E-state index is -3.12. The summed E-state index contributed by atoms with van der Waals surface area (Å²) in [5.41, 5.74) is 4.83. The van der Waals surface area contributed by atoms with Crippen LogP contribution in [0.3, 0.4) is 0 Å². The molecule has 0 aliphatic rings. The van der Waals surface area contributed by atoms with Crippen molar-refractivity contribution in [2.24, 2.45) is 0 Å². The van der Waals surface area contributed by atoms with Gasteiger partial charge in [0.25, 0.3) is 0 Å². The summed E-state index contributed by atoms with van der Waals surface area (Å²) < 4.78 is 59.2. The van der Waals surface area contributed by atoms with Crippen LogP contribution in [0.4, 0.5) is 0 Å². The first kappa shape index (κ1) is 39.6. The third-order valence-electron chi connectivity index (χ3n) is 8.74. The highest BCUT2D eigenvalue weighted by atomic mass is 31.2. The lowest BCUT2D eigenvalue weighted by Gasteiger charge is -2.17. The maximum atomic E-state index is 12.8. The highest BCUT2D eigenvalue weighted by Gasteiger charge is 2.24. The highest BCUT2D eigenvalue weighted by molar-refractivity contribution is 7.54. The summed E-state index contributed by atoms with van der Waals surface area (Å²) in [7, 11) is -6.23. The standard InChI is InChI=1S/C42H48N2O8P2/c1-5-49-53(45,50-6-2)25-11-23-47-37-19-15-31(16-20-37)41-42(32-17-21-38(22-18-32)48-24-12-26-54(46,51-7-3)52-8-4)44-40-30-36-28-34-14-10-9-13-33(34)27-35(36)29-39(40)43-41/h9-10,13-22,27-30H,5-8,11-12,23-26H2,1-4H3. The molecule has 12 heteroatoms. The highest BCUT2D eigenvalue weighted by Crippen LogP contribution is 2.49. The van der Waals surface area contributed by atoms with Crippen molar-refractivity contribution in [3.8, 4) is 34.0 Å². The molecule has 6 aromatic rings. The lowest BCUT2D eigenvalue weighted by molar-refractivity contribution is 0.216. The van der Waals surface area contributed by atoms with Crippen LogP contribution in [0.1, 0.15) is 40.5 Å². The number of nitrogens with zero attached hydrogens (tertiary/aromatic N) is 2. The molecule has 0 amide bonds. The summed E-state index contributed by atoms with van der Waals surface area (Å²) in [5.74, 6) is 1.38. The van der Waals surface area contributed by atoms with Gasteiger partial charge in [-0.25, -0.2) is 9.97 Å². The first-order valence-electron chi connectivity index (χ1n) is 18.6. The van der Waals surface area contributed by atoms with Crippen LogP contribution < -0.4 is 9.47 Å². The maximum Gasteiger partial charge on any atom is 0.330 e. The molecule has 0 aliphatic carbocycles. The minimum absolute atomic E-state index is 0.293. The fourth-order valence-electron chi connectivity index (χ4n) is 6.33. The van der Waals surface area contributed by atoms with Gasteiger partial charge in [0.2, 0.25) is 0 Å². The topological polar surface area (TPSA) is 115 Å². The van der Waals surface area contributed by atoms with E-state index in [0.717, 1.165) is 44.3 Å². The molecule has 0 spiro atoms. The Morgan fingerprint density at radius 3 is 1.20 bits per heavy atom. The van der Waals surface area contributed by atoms with Gasteiger partial charge in [0.15, 0.2) is 0 Å². The van der Waals surface area contributed by atoms with Gasteiger partial charge < -0.3 is 27.6 Å². The molecule has 5 aromatic carbocycles. The van der Waals surface area contributed by atoms with Crippen LogP contribution in [-0.4, -0.2) is 61.9 Å². The first-order valence-corrected chi connectivity index (χ1v) is 22.1. The van der Waals surface area contributed by atoms with Crippen molar-refractivity contribution in [2.75, 3.05) is 52.0 Å². The molecule has 0 atom stereocenters. The van der Waals surface area contributed by atoms with Gasteiger partial charge in [-0.1, -0.05) is 24.3 Å². The molecule has 54 heavy (non-hydrogen) atoms. The van der Waals surface area contributed by atoms with E-state index >= 15 is 0 Å². The molecule has 0 saturated heterocycles. The second kappa shape index (κ2) is 18.5. The van der Waals surface area contributed by atoms with Crippen LogP contribution >= 0.6 is 15.2 Å². The monoisotopic (exact) mass is 770 g/mol. The Bertz CT molecular complexity index is 2090. The fourth-order valence-corrected chi connectivity index (χ4v) is 9.60. The average Bonchev–Trinajstić information content (AvgIpc) is 3.17. The van der Waals surface area contributed by atoms with Gasteiger partial charge in [0, 0.05) is 11.1 Å². The summed E-state index contributed by atoms with van der Waals surface area (Å²) in [6, 6.07) is 32.5. The second-order valence-corrected chi connectivity index (χ2v) is 17.0. The van der Waals surface area contributed by atoms with Crippen molar-refractivity contribution in [1.29, 1.82) is 0 Å². The van der Waals surface area contributed by atoms with Gasteiger partial charge >= 0.3 is 15.2 Å². The predicted octanol–water partition coefficient (Wildman–Crippen LogP) is 11.3. The Balaban J connectivity index is 1.25. The molecule has 0 radical (unpaired) electrons. The Morgan fingerprint density at radius 1 is 0.481 bits per heavy atom. The van der Waals surface area contributed by atoms with Crippen LogP contribution in [0.15, 0.2) is 97.1 Å². The molecule has 0 aliphatic heterocycles. The van der Waals surface area contributed by atoms with E-state index in [2.05, 4.69) is 36.4 Å². The molecular weight excluding hydrogens is 722 g/mol. The quantitative estimate of drug-likeness (QED) is 0.0422. The number of aromatic nitrogens is 2. The maximum absolute atomic E-state index is 12.8. The summed E-state index contributed by atoms with van der Waals surface area (Å²) >= 11 is 0. The molecule has 0 unspecified atom stereocenters. The zero-order chi connectivity index (χ0) is 38.0. The molecular formula is C42H48N2O8P2. The number of rotatable bonds is 20. The van der Waals surface area contributed by atoms with Gasteiger partial charge in [-0.3, -0.25) is 9.13 Å². The summed E-state index contributed by atoms with van der Waals surface area (Å²) in [4.78, 5) is 10.4. The summed E-state index contributed by atoms with van der Waals surface area (Å²) in [6.07, 6.45) is 1.65. The Labute approximate surface area is 317 Å². The third-order valence-corrected chi connectivity index (χ3v) is 13.1. The summed E-state index contributed by atoms with van der Waals surface area (Å²) in [6.45, 7) is 9.31. The Kier molecular flexibility index (Phi) is 13.5. The zero-order valence-corrected chi connectivity index (χ0v) is 33.2. The minimum Gasteiger partial charge on any atom is -0.494 e. The van der Waals surface area contributed by atoms with E-state index in [4.69, 9.17) is 37.5 Å². The number of ether oxygens (including phenoxy) is 2. The average molecular weight is 771 g/mol. The molecule has 1 aromatic heterocycles. The van der Waals surface area contributed by atoms with E-state index in [1.165, 1.54) is 10.8 Å². The predicted molar refractivity (Wildman–Crippen MR) is 217 cm³/mol. The largest absolute Gasteiger partial charge is 0.494 e. The van der Waals surface area contributed by atoms with E-state index in [-0.39, 0.29) is 0 Å². The molecule has 284 valence electrons. The molecule has 6 rings (SSSR count). The molecule has 0 bridgehead atoms.